The molecule has 1 aliphatic rings. The lowest BCUT2D eigenvalue weighted by molar-refractivity contribution is -0.130. The lowest BCUT2D eigenvalue weighted by atomic mass is 10.1. The highest BCUT2D eigenvalue weighted by Crippen LogP contribution is 2.27. The predicted octanol–water partition coefficient (Wildman–Crippen LogP) is 2.74. The standard InChI is InChI=1S/C17H22ClN3O4S/c1-17(2)15(23)21(16(24)20-17)7-9-26-8-6-14(22)19-12-10-11(18)4-5-13(12)25-3/h4-5,10H,6-9H2,1-3H3,(H,19,22)(H,20,24). The molecule has 0 saturated carbocycles. The number of amides is 4. The van der Waals surface area contributed by atoms with E-state index in [4.69, 9.17) is 16.3 Å². The van der Waals surface area contributed by atoms with Crippen LogP contribution in [-0.4, -0.2) is 53.4 Å². The van der Waals surface area contributed by atoms with Gasteiger partial charge in [0, 0.05) is 29.5 Å². The first-order valence-corrected chi connectivity index (χ1v) is 9.63. The van der Waals surface area contributed by atoms with Crippen molar-refractivity contribution in [2.45, 2.75) is 25.8 Å². The zero-order valence-corrected chi connectivity index (χ0v) is 16.5. The molecule has 0 spiro atoms. The van der Waals surface area contributed by atoms with Crippen LogP contribution in [-0.2, 0) is 9.59 Å². The number of halogens is 1. The molecule has 1 saturated heterocycles. The Kier molecular flexibility index (Phi) is 6.77. The van der Waals surface area contributed by atoms with Crippen LogP contribution in [0.3, 0.4) is 0 Å². The Bertz CT molecular complexity index is 711. The molecule has 4 amide bonds. The van der Waals surface area contributed by atoms with Gasteiger partial charge in [0.15, 0.2) is 0 Å². The summed E-state index contributed by atoms with van der Waals surface area (Å²) in [5, 5.41) is 5.91. The molecule has 26 heavy (non-hydrogen) atoms. The van der Waals surface area contributed by atoms with E-state index in [1.807, 2.05) is 0 Å². The lowest BCUT2D eigenvalue weighted by Crippen LogP contribution is -2.40. The van der Waals surface area contributed by atoms with E-state index >= 15 is 0 Å². The Morgan fingerprint density at radius 3 is 2.69 bits per heavy atom. The molecular formula is C17H22ClN3O4S. The van der Waals surface area contributed by atoms with Crippen LogP contribution >= 0.6 is 23.4 Å². The summed E-state index contributed by atoms with van der Waals surface area (Å²) in [4.78, 5) is 37.1. The number of nitrogens with one attached hydrogen (secondary N) is 2. The van der Waals surface area contributed by atoms with Gasteiger partial charge in [-0.25, -0.2) is 4.79 Å². The van der Waals surface area contributed by atoms with Crippen molar-refractivity contribution in [2.75, 3.05) is 30.5 Å². The van der Waals surface area contributed by atoms with Crippen molar-refractivity contribution in [3.05, 3.63) is 23.2 Å². The molecule has 1 aromatic carbocycles. The minimum atomic E-state index is -0.850. The third-order valence-electron chi connectivity index (χ3n) is 3.81. The number of anilines is 1. The third kappa shape index (κ3) is 5.04. The van der Waals surface area contributed by atoms with Gasteiger partial charge in [-0.3, -0.25) is 14.5 Å². The minimum Gasteiger partial charge on any atom is -0.495 e. The topological polar surface area (TPSA) is 87.7 Å². The van der Waals surface area contributed by atoms with Crippen molar-refractivity contribution in [1.29, 1.82) is 0 Å². The number of carbonyl (C=O) groups is 3. The number of urea groups is 1. The fourth-order valence-electron chi connectivity index (χ4n) is 2.43. The van der Waals surface area contributed by atoms with Gasteiger partial charge in [-0.15, -0.1) is 0 Å². The molecular weight excluding hydrogens is 378 g/mol. The Balaban J connectivity index is 1.72. The predicted molar refractivity (Wildman–Crippen MR) is 103 cm³/mol. The van der Waals surface area contributed by atoms with Gasteiger partial charge >= 0.3 is 6.03 Å². The van der Waals surface area contributed by atoms with Crippen molar-refractivity contribution in [1.82, 2.24) is 10.2 Å². The molecule has 0 radical (unpaired) electrons. The summed E-state index contributed by atoms with van der Waals surface area (Å²) < 4.78 is 5.18. The minimum absolute atomic E-state index is 0.158. The van der Waals surface area contributed by atoms with E-state index in [0.717, 1.165) is 0 Å². The average molecular weight is 400 g/mol. The second kappa shape index (κ2) is 8.64. The molecule has 142 valence electrons. The van der Waals surface area contributed by atoms with Gasteiger partial charge in [-0.1, -0.05) is 11.6 Å². The third-order valence-corrected chi connectivity index (χ3v) is 5.01. The lowest BCUT2D eigenvalue weighted by Gasteiger charge is -2.15. The number of thioether (sulfide) groups is 1. The Morgan fingerprint density at radius 1 is 1.35 bits per heavy atom. The van der Waals surface area contributed by atoms with Crippen molar-refractivity contribution in [3.8, 4) is 5.75 Å². The average Bonchev–Trinajstić information content (AvgIpc) is 2.76. The summed E-state index contributed by atoms with van der Waals surface area (Å²) in [5.41, 5.74) is -0.325. The summed E-state index contributed by atoms with van der Waals surface area (Å²) >= 11 is 7.44. The monoisotopic (exact) mass is 399 g/mol. The number of methoxy groups -OCH3 is 1. The van der Waals surface area contributed by atoms with E-state index < -0.39 is 5.54 Å². The van der Waals surface area contributed by atoms with Crippen LogP contribution in [0.1, 0.15) is 20.3 Å². The second-order valence-electron chi connectivity index (χ2n) is 6.27. The van der Waals surface area contributed by atoms with Crippen LogP contribution in [0.2, 0.25) is 5.02 Å². The normalized spacial score (nSPS) is 15.8. The summed E-state index contributed by atoms with van der Waals surface area (Å²) in [7, 11) is 1.52. The van der Waals surface area contributed by atoms with Crippen LogP contribution in [0.25, 0.3) is 0 Å². The Morgan fingerprint density at radius 2 is 2.08 bits per heavy atom. The molecule has 7 nitrogen and oxygen atoms in total. The number of rotatable bonds is 8. The van der Waals surface area contributed by atoms with Crippen molar-refractivity contribution in [3.63, 3.8) is 0 Å². The molecule has 0 aromatic heterocycles. The quantitative estimate of drug-likeness (QED) is 0.518. The zero-order valence-electron chi connectivity index (χ0n) is 14.9. The van der Waals surface area contributed by atoms with Crippen molar-refractivity contribution >= 4 is 46.9 Å². The van der Waals surface area contributed by atoms with E-state index in [0.29, 0.717) is 40.9 Å². The van der Waals surface area contributed by atoms with E-state index in [2.05, 4.69) is 10.6 Å². The number of hydrogen-bond acceptors (Lipinski definition) is 5. The van der Waals surface area contributed by atoms with Gasteiger partial charge in [0.2, 0.25) is 5.91 Å². The largest absolute Gasteiger partial charge is 0.495 e. The van der Waals surface area contributed by atoms with Crippen molar-refractivity contribution in [2.24, 2.45) is 0 Å². The number of imide groups is 1. The Labute approximate surface area is 161 Å². The molecule has 2 rings (SSSR count). The van der Waals surface area contributed by atoms with Gasteiger partial charge in [-0.05, 0) is 32.0 Å². The molecule has 1 heterocycles. The van der Waals surface area contributed by atoms with Gasteiger partial charge in [0.05, 0.1) is 12.8 Å². The van der Waals surface area contributed by atoms with Gasteiger partial charge in [0.25, 0.3) is 5.91 Å². The fraction of sp³-hybridized carbons (Fsp3) is 0.471. The SMILES string of the molecule is COc1ccc(Cl)cc1NC(=O)CCSCCN1C(=O)NC(C)(C)C1=O. The van der Waals surface area contributed by atoms with E-state index in [9.17, 15) is 14.4 Å². The van der Waals surface area contributed by atoms with Crippen LogP contribution in [0.15, 0.2) is 18.2 Å². The zero-order chi connectivity index (χ0) is 19.3. The maximum absolute atomic E-state index is 12.0. The summed E-state index contributed by atoms with van der Waals surface area (Å²) in [6.07, 6.45) is 0.298. The first kappa shape index (κ1) is 20.4. The maximum Gasteiger partial charge on any atom is 0.325 e. The first-order valence-electron chi connectivity index (χ1n) is 8.10. The molecule has 0 aliphatic carbocycles. The number of hydrogen-bond donors (Lipinski definition) is 2. The number of carbonyl (C=O) groups excluding carboxylic acids is 3. The first-order chi connectivity index (χ1) is 12.2. The highest BCUT2D eigenvalue weighted by Gasteiger charge is 2.43. The highest BCUT2D eigenvalue weighted by molar-refractivity contribution is 7.99. The molecule has 0 unspecified atom stereocenters. The highest BCUT2D eigenvalue weighted by atomic mass is 35.5. The van der Waals surface area contributed by atoms with Gasteiger partial charge in [-0.2, -0.15) is 11.8 Å². The van der Waals surface area contributed by atoms with Crippen LogP contribution < -0.4 is 15.4 Å². The van der Waals surface area contributed by atoms with E-state index in [1.54, 1.807) is 32.0 Å². The molecule has 1 aromatic rings. The van der Waals surface area contributed by atoms with E-state index in [-0.39, 0.29) is 17.8 Å². The van der Waals surface area contributed by atoms with Crippen molar-refractivity contribution < 1.29 is 19.1 Å². The van der Waals surface area contributed by atoms with Gasteiger partial charge in [0.1, 0.15) is 11.3 Å². The second-order valence-corrected chi connectivity index (χ2v) is 7.93. The maximum atomic E-state index is 12.0. The van der Waals surface area contributed by atoms with Crippen LogP contribution in [0.4, 0.5) is 10.5 Å². The van der Waals surface area contributed by atoms with Crippen LogP contribution in [0.5, 0.6) is 5.75 Å². The molecule has 1 fully saturated rings. The van der Waals surface area contributed by atoms with Gasteiger partial charge < -0.3 is 15.4 Å². The smallest absolute Gasteiger partial charge is 0.325 e. The fourth-order valence-corrected chi connectivity index (χ4v) is 3.45. The summed E-state index contributed by atoms with van der Waals surface area (Å²) in [6.45, 7) is 3.67. The van der Waals surface area contributed by atoms with E-state index in [1.165, 1.54) is 23.8 Å². The van der Waals surface area contributed by atoms with Crippen LogP contribution in [0, 0.1) is 0 Å². The molecule has 1 aliphatic heterocycles. The number of benzene rings is 1. The summed E-state index contributed by atoms with van der Waals surface area (Å²) in [5.74, 6) is 1.30. The Hall–Kier alpha value is -1.93. The summed E-state index contributed by atoms with van der Waals surface area (Å²) in [6, 6.07) is 4.63. The molecule has 2 N–H and O–H groups in total. The number of ether oxygens (including phenoxy) is 1. The molecule has 0 atom stereocenters. The number of nitrogens with zero attached hydrogens (tertiary/aromatic N) is 1. The molecule has 9 heteroatoms. The molecule has 0 bridgehead atoms.